The Morgan fingerprint density at radius 1 is 1.38 bits per heavy atom. The van der Waals surface area contributed by atoms with E-state index in [0.717, 1.165) is 16.8 Å². The van der Waals surface area contributed by atoms with Crippen LogP contribution in [-0.2, 0) is 13.0 Å². The van der Waals surface area contributed by atoms with E-state index in [1.807, 2.05) is 24.3 Å². The molecule has 0 unspecified atom stereocenters. The van der Waals surface area contributed by atoms with Crippen molar-refractivity contribution in [2.75, 3.05) is 5.73 Å². The van der Waals surface area contributed by atoms with Crippen molar-refractivity contribution in [3.63, 3.8) is 0 Å². The monoisotopic (exact) mass is 215 g/mol. The lowest BCUT2D eigenvalue weighted by Gasteiger charge is -2.06. The zero-order valence-electron chi connectivity index (χ0n) is 9.06. The van der Waals surface area contributed by atoms with E-state index in [1.165, 1.54) is 0 Å². The van der Waals surface area contributed by atoms with Crippen molar-refractivity contribution in [3.8, 4) is 5.69 Å². The van der Waals surface area contributed by atoms with Gasteiger partial charge >= 0.3 is 0 Å². The number of rotatable bonds is 3. The fraction of sp³-hybridized carbons (Fsp3) is 0.167. The van der Waals surface area contributed by atoms with Crippen LogP contribution < -0.4 is 11.5 Å². The third-order valence-corrected chi connectivity index (χ3v) is 2.55. The Bertz CT molecular complexity index is 488. The van der Waals surface area contributed by atoms with Crippen molar-refractivity contribution >= 4 is 5.82 Å². The third-order valence-electron chi connectivity index (χ3n) is 2.55. The molecule has 0 aliphatic rings. The highest BCUT2D eigenvalue weighted by atomic mass is 15.3. The number of aromatic nitrogens is 2. The zero-order chi connectivity index (χ0) is 11.5. The van der Waals surface area contributed by atoms with Crippen LogP contribution in [0.3, 0.4) is 0 Å². The van der Waals surface area contributed by atoms with Gasteiger partial charge in [0.1, 0.15) is 5.82 Å². The van der Waals surface area contributed by atoms with Crippen LogP contribution in [0.5, 0.6) is 0 Å². The average Bonchev–Trinajstić information content (AvgIpc) is 2.70. The molecule has 83 valence electrons. The average molecular weight is 215 g/mol. The standard InChI is InChI=1S/C12H15N4/c1-2-10-8-15-16(12(10)14)11-5-3-4-9(6-11)7-13/h3-6,8H,1-2,7,13-14H2. The van der Waals surface area contributed by atoms with Crippen molar-refractivity contribution in [2.45, 2.75) is 13.0 Å². The molecule has 0 fully saturated rings. The highest BCUT2D eigenvalue weighted by Gasteiger charge is 2.07. The maximum absolute atomic E-state index is 5.97. The fourth-order valence-corrected chi connectivity index (χ4v) is 1.61. The number of anilines is 1. The van der Waals surface area contributed by atoms with Crippen molar-refractivity contribution in [1.82, 2.24) is 9.78 Å². The molecule has 0 bridgehead atoms. The van der Waals surface area contributed by atoms with Crippen LogP contribution in [0.15, 0.2) is 30.5 Å². The molecule has 16 heavy (non-hydrogen) atoms. The van der Waals surface area contributed by atoms with E-state index in [4.69, 9.17) is 11.5 Å². The lowest BCUT2D eigenvalue weighted by atomic mass is 10.2. The summed E-state index contributed by atoms with van der Waals surface area (Å²) in [5.41, 5.74) is 14.5. The first-order chi connectivity index (χ1) is 7.76. The van der Waals surface area contributed by atoms with E-state index in [1.54, 1.807) is 10.9 Å². The molecule has 0 saturated carbocycles. The Labute approximate surface area is 94.9 Å². The van der Waals surface area contributed by atoms with E-state index >= 15 is 0 Å². The number of nitrogens with two attached hydrogens (primary N) is 2. The molecule has 2 rings (SSSR count). The van der Waals surface area contributed by atoms with Crippen LogP contribution in [0.2, 0.25) is 0 Å². The van der Waals surface area contributed by atoms with Gasteiger partial charge in [-0.15, -0.1) is 0 Å². The second-order valence-corrected chi connectivity index (χ2v) is 3.59. The molecule has 1 aromatic carbocycles. The van der Waals surface area contributed by atoms with Crippen LogP contribution >= 0.6 is 0 Å². The van der Waals surface area contributed by atoms with Crippen LogP contribution in [0, 0.1) is 6.92 Å². The number of hydrogen-bond donors (Lipinski definition) is 2. The molecule has 0 aliphatic heterocycles. The minimum atomic E-state index is 0.511. The molecule has 0 amide bonds. The highest BCUT2D eigenvalue weighted by Crippen LogP contribution is 2.18. The molecule has 2 aromatic rings. The fourth-order valence-electron chi connectivity index (χ4n) is 1.61. The van der Waals surface area contributed by atoms with Crippen molar-refractivity contribution in [3.05, 3.63) is 48.5 Å². The number of benzene rings is 1. The van der Waals surface area contributed by atoms with Gasteiger partial charge in [0.2, 0.25) is 0 Å². The molecule has 4 N–H and O–H groups in total. The lowest BCUT2D eigenvalue weighted by molar-refractivity contribution is 0.886. The smallest absolute Gasteiger partial charge is 0.130 e. The van der Waals surface area contributed by atoms with Crippen LogP contribution in [0.4, 0.5) is 5.82 Å². The molecule has 4 nitrogen and oxygen atoms in total. The van der Waals surface area contributed by atoms with Gasteiger partial charge in [-0.2, -0.15) is 5.10 Å². The second kappa shape index (κ2) is 4.37. The van der Waals surface area contributed by atoms with Gasteiger partial charge in [0.05, 0.1) is 11.9 Å². The highest BCUT2D eigenvalue weighted by molar-refractivity contribution is 5.48. The van der Waals surface area contributed by atoms with Crippen LogP contribution in [-0.4, -0.2) is 9.78 Å². The van der Waals surface area contributed by atoms with Gasteiger partial charge in [0, 0.05) is 12.1 Å². The topological polar surface area (TPSA) is 69.9 Å². The van der Waals surface area contributed by atoms with Gasteiger partial charge in [-0.25, -0.2) is 4.68 Å². The van der Waals surface area contributed by atoms with E-state index in [0.29, 0.717) is 18.8 Å². The van der Waals surface area contributed by atoms with E-state index in [2.05, 4.69) is 12.0 Å². The molecular weight excluding hydrogens is 200 g/mol. The van der Waals surface area contributed by atoms with Gasteiger partial charge in [-0.05, 0) is 31.0 Å². The predicted molar refractivity (Wildman–Crippen MR) is 64.9 cm³/mol. The van der Waals surface area contributed by atoms with Gasteiger partial charge < -0.3 is 11.5 Å². The summed E-state index contributed by atoms with van der Waals surface area (Å²) < 4.78 is 1.71. The molecule has 0 aliphatic carbocycles. The van der Waals surface area contributed by atoms with Crippen molar-refractivity contribution < 1.29 is 0 Å². The Balaban J connectivity index is 2.45. The zero-order valence-corrected chi connectivity index (χ0v) is 9.06. The van der Waals surface area contributed by atoms with Crippen molar-refractivity contribution in [2.24, 2.45) is 5.73 Å². The van der Waals surface area contributed by atoms with Gasteiger partial charge in [-0.3, -0.25) is 0 Å². The first kappa shape index (κ1) is 10.7. The molecular formula is C12H15N4. The molecule has 1 aromatic heterocycles. The maximum atomic E-state index is 5.97. The van der Waals surface area contributed by atoms with Gasteiger partial charge in [0.15, 0.2) is 0 Å². The summed E-state index contributed by atoms with van der Waals surface area (Å²) in [7, 11) is 0. The summed E-state index contributed by atoms with van der Waals surface area (Å²) in [4.78, 5) is 0. The molecule has 1 radical (unpaired) electrons. The first-order valence-corrected chi connectivity index (χ1v) is 5.17. The number of hydrogen-bond acceptors (Lipinski definition) is 3. The quantitative estimate of drug-likeness (QED) is 0.810. The van der Waals surface area contributed by atoms with E-state index in [9.17, 15) is 0 Å². The Kier molecular flexibility index (Phi) is 2.92. The normalized spacial score (nSPS) is 10.6. The summed E-state index contributed by atoms with van der Waals surface area (Å²) in [5.74, 6) is 0.643. The van der Waals surface area contributed by atoms with Crippen molar-refractivity contribution in [1.29, 1.82) is 0 Å². The van der Waals surface area contributed by atoms with E-state index < -0.39 is 0 Å². The summed E-state index contributed by atoms with van der Waals surface area (Å²) in [5, 5.41) is 4.24. The summed E-state index contributed by atoms with van der Waals surface area (Å²) in [6.07, 6.45) is 2.39. The number of nitrogens with zero attached hydrogens (tertiary/aromatic N) is 2. The Morgan fingerprint density at radius 2 is 2.19 bits per heavy atom. The first-order valence-electron chi connectivity index (χ1n) is 5.17. The summed E-state index contributed by atoms with van der Waals surface area (Å²) in [6.45, 7) is 4.32. The minimum Gasteiger partial charge on any atom is -0.383 e. The Hall–Kier alpha value is -1.81. The third kappa shape index (κ3) is 1.79. The summed E-state index contributed by atoms with van der Waals surface area (Å²) in [6, 6.07) is 7.86. The SMILES string of the molecule is [CH2]Cc1cnn(-c2cccc(CN)c2)c1N. The van der Waals surface area contributed by atoms with Gasteiger partial charge in [0.25, 0.3) is 0 Å². The maximum Gasteiger partial charge on any atom is 0.130 e. The van der Waals surface area contributed by atoms with Crippen LogP contribution in [0.25, 0.3) is 5.69 Å². The molecule has 0 spiro atoms. The predicted octanol–water partition coefficient (Wildman–Crippen LogP) is 1.29. The lowest BCUT2D eigenvalue weighted by Crippen LogP contribution is -2.04. The largest absolute Gasteiger partial charge is 0.383 e. The van der Waals surface area contributed by atoms with Gasteiger partial charge in [-0.1, -0.05) is 12.1 Å². The molecule has 0 atom stereocenters. The molecule has 4 heteroatoms. The summed E-state index contributed by atoms with van der Waals surface area (Å²) >= 11 is 0. The number of nitrogen functional groups attached to an aromatic ring is 1. The Morgan fingerprint density at radius 3 is 2.81 bits per heavy atom. The molecule has 0 saturated heterocycles. The molecule has 1 heterocycles. The minimum absolute atomic E-state index is 0.511. The van der Waals surface area contributed by atoms with Crippen LogP contribution in [0.1, 0.15) is 11.1 Å². The second-order valence-electron chi connectivity index (χ2n) is 3.59. The van der Waals surface area contributed by atoms with E-state index in [-0.39, 0.29) is 0 Å².